The fraction of sp³-hybridized carbons (Fsp3) is 0.400. The van der Waals surface area contributed by atoms with Gasteiger partial charge in [-0.2, -0.15) is 0 Å². The number of carbonyl (C=O) groups is 1. The number of carbonyl (C=O) groups excluding carboxylic acids is 1. The molecule has 1 amide bonds. The second-order valence-corrected chi connectivity index (χ2v) is 7.80. The molecular formula is C20H24Cl2N4OS. The van der Waals surface area contributed by atoms with Crippen molar-refractivity contribution in [2.75, 3.05) is 36.5 Å². The third-order valence-electron chi connectivity index (χ3n) is 4.97. The van der Waals surface area contributed by atoms with Gasteiger partial charge in [-0.05, 0) is 56.8 Å². The van der Waals surface area contributed by atoms with Crippen LogP contribution in [-0.4, -0.2) is 47.5 Å². The van der Waals surface area contributed by atoms with Gasteiger partial charge in [-0.15, -0.1) is 0 Å². The van der Waals surface area contributed by atoms with Gasteiger partial charge in [-0.3, -0.25) is 9.69 Å². The molecule has 0 aromatic heterocycles. The summed E-state index contributed by atoms with van der Waals surface area (Å²) in [4.78, 5) is 20.5. The molecule has 1 aromatic rings. The van der Waals surface area contributed by atoms with Gasteiger partial charge >= 0.3 is 0 Å². The normalized spacial score (nSPS) is 18.1. The minimum Gasteiger partial charge on any atom is -0.326 e. The van der Waals surface area contributed by atoms with Crippen molar-refractivity contribution in [2.45, 2.75) is 27.2 Å². The van der Waals surface area contributed by atoms with Crippen LogP contribution >= 0.6 is 35.4 Å². The monoisotopic (exact) mass is 438 g/mol. The van der Waals surface area contributed by atoms with E-state index in [9.17, 15) is 4.79 Å². The highest BCUT2D eigenvalue weighted by atomic mass is 35.5. The number of hydrogen-bond acceptors (Lipinski definition) is 4. The van der Waals surface area contributed by atoms with Crippen LogP contribution in [0.1, 0.15) is 27.2 Å². The molecule has 2 heterocycles. The van der Waals surface area contributed by atoms with Gasteiger partial charge in [0.2, 0.25) is 0 Å². The van der Waals surface area contributed by atoms with E-state index in [0.29, 0.717) is 27.4 Å². The molecule has 0 bridgehead atoms. The molecule has 2 aliphatic heterocycles. The van der Waals surface area contributed by atoms with Crippen LogP contribution in [0.2, 0.25) is 10.0 Å². The molecule has 0 atom stereocenters. The fourth-order valence-corrected chi connectivity index (χ4v) is 4.19. The highest BCUT2D eigenvalue weighted by Crippen LogP contribution is 2.45. The summed E-state index contributed by atoms with van der Waals surface area (Å²) in [6.07, 6.45) is 4.68. The number of rotatable bonds is 5. The second-order valence-electron chi connectivity index (χ2n) is 6.62. The van der Waals surface area contributed by atoms with Gasteiger partial charge in [0.05, 0.1) is 21.4 Å². The fourth-order valence-electron chi connectivity index (χ4n) is 3.61. The molecular weight excluding hydrogens is 415 g/mol. The summed E-state index contributed by atoms with van der Waals surface area (Å²) in [7, 11) is 1.83. The molecule has 28 heavy (non-hydrogen) atoms. The van der Waals surface area contributed by atoms with Crippen LogP contribution in [0, 0.1) is 0 Å². The largest absolute Gasteiger partial charge is 0.326 e. The molecule has 0 N–H and O–H groups in total. The first kappa shape index (κ1) is 21.0. The van der Waals surface area contributed by atoms with Crippen LogP contribution in [0.25, 0.3) is 0 Å². The summed E-state index contributed by atoms with van der Waals surface area (Å²) in [5, 5.41) is 1.60. The summed E-state index contributed by atoms with van der Waals surface area (Å²) < 4.78 is 0. The summed E-state index contributed by atoms with van der Waals surface area (Å²) >= 11 is 17.9. The van der Waals surface area contributed by atoms with E-state index in [-0.39, 0.29) is 5.91 Å². The van der Waals surface area contributed by atoms with Gasteiger partial charge in [-0.1, -0.05) is 30.1 Å². The SMILES string of the molecule is CCCN1C(=O)C(=CC=C2N(CC)c3cc(Cl)c(Cl)cc3N2CC)N(C)C1=S. The molecule has 2 aliphatic rings. The summed E-state index contributed by atoms with van der Waals surface area (Å²) in [5.41, 5.74) is 2.60. The van der Waals surface area contributed by atoms with E-state index in [1.165, 1.54) is 0 Å². The molecule has 0 saturated carbocycles. The number of benzene rings is 1. The van der Waals surface area contributed by atoms with Crippen molar-refractivity contribution in [3.63, 3.8) is 0 Å². The molecule has 5 nitrogen and oxygen atoms in total. The second kappa shape index (κ2) is 8.31. The van der Waals surface area contributed by atoms with Crippen molar-refractivity contribution in [1.29, 1.82) is 0 Å². The Morgan fingerprint density at radius 3 is 1.96 bits per heavy atom. The lowest BCUT2D eigenvalue weighted by Gasteiger charge is -2.23. The van der Waals surface area contributed by atoms with Crippen molar-refractivity contribution < 1.29 is 4.79 Å². The van der Waals surface area contributed by atoms with Gasteiger partial charge in [-0.25, -0.2) is 0 Å². The maximum absolute atomic E-state index is 12.8. The Labute approximate surface area is 181 Å². The van der Waals surface area contributed by atoms with Crippen molar-refractivity contribution in [3.05, 3.63) is 45.8 Å². The highest BCUT2D eigenvalue weighted by molar-refractivity contribution is 7.80. The Morgan fingerprint density at radius 1 is 0.964 bits per heavy atom. The summed E-state index contributed by atoms with van der Waals surface area (Å²) in [5.74, 6) is 0.922. The number of anilines is 2. The van der Waals surface area contributed by atoms with Crippen LogP contribution in [-0.2, 0) is 4.79 Å². The van der Waals surface area contributed by atoms with E-state index in [2.05, 4.69) is 23.6 Å². The maximum Gasteiger partial charge on any atom is 0.276 e. The molecule has 150 valence electrons. The molecule has 8 heteroatoms. The van der Waals surface area contributed by atoms with Crippen molar-refractivity contribution >= 4 is 57.8 Å². The van der Waals surface area contributed by atoms with E-state index < -0.39 is 0 Å². The Bertz CT molecular complexity index is 844. The molecule has 1 aromatic carbocycles. The Morgan fingerprint density at radius 2 is 1.50 bits per heavy atom. The van der Waals surface area contributed by atoms with E-state index in [1.54, 1.807) is 9.80 Å². The molecule has 0 aliphatic carbocycles. The van der Waals surface area contributed by atoms with Crippen molar-refractivity contribution in [2.24, 2.45) is 0 Å². The van der Waals surface area contributed by atoms with Crippen molar-refractivity contribution in [1.82, 2.24) is 9.80 Å². The molecule has 3 rings (SSSR count). The third kappa shape index (κ3) is 3.38. The zero-order valence-electron chi connectivity index (χ0n) is 16.5. The lowest BCUT2D eigenvalue weighted by atomic mass is 10.2. The van der Waals surface area contributed by atoms with Gasteiger partial charge in [0.15, 0.2) is 5.11 Å². The van der Waals surface area contributed by atoms with Gasteiger partial charge in [0, 0.05) is 26.7 Å². The number of thiocarbonyl (C=S) groups is 1. The minimum absolute atomic E-state index is 0.0566. The molecule has 1 fully saturated rings. The number of amides is 1. The quantitative estimate of drug-likeness (QED) is 0.483. The average molecular weight is 439 g/mol. The van der Waals surface area contributed by atoms with Gasteiger partial charge < -0.3 is 14.7 Å². The first-order chi connectivity index (χ1) is 13.3. The number of allylic oxidation sites excluding steroid dienone is 2. The van der Waals surface area contributed by atoms with E-state index in [1.807, 2.05) is 38.3 Å². The summed E-state index contributed by atoms with van der Waals surface area (Å²) in [6, 6.07) is 3.79. The topological polar surface area (TPSA) is 30.0 Å². The Kier molecular flexibility index (Phi) is 6.22. The number of likely N-dealkylation sites (N-methyl/N-ethyl adjacent to an activating group) is 1. The van der Waals surface area contributed by atoms with Gasteiger partial charge in [0.25, 0.3) is 5.91 Å². The van der Waals surface area contributed by atoms with Crippen LogP contribution in [0.4, 0.5) is 11.4 Å². The Hall–Kier alpha value is -1.76. The first-order valence-electron chi connectivity index (χ1n) is 9.41. The van der Waals surface area contributed by atoms with E-state index >= 15 is 0 Å². The van der Waals surface area contributed by atoms with Crippen LogP contribution < -0.4 is 9.80 Å². The van der Waals surface area contributed by atoms with E-state index in [0.717, 1.165) is 36.7 Å². The van der Waals surface area contributed by atoms with Crippen LogP contribution in [0.5, 0.6) is 0 Å². The molecule has 1 saturated heterocycles. The zero-order chi connectivity index (χ0) is 20.6. The highest BCUT2D eigenvalue weighted by Gasteiger charge is 2.35. The summed E-state index contributed by atoms with van der Waals surface area (Å²) in [6.45, 7) is 8.35. The standard InChI is InChI=1S/C20H24Cl2N4OS/c1-5-10-26-19(27)15(23(4)20(26)28)8-9-18-24(6-2)16-11-13(21)14(22)12-17(16)25(18)7-3/h8-9,11-12H,5-7,10H2,1-4H3. The number of nitrogens with zero attached hydrogens (tertiary/aromatic N) is 4. The lowest BCUT2D eigenvalue weighted by molar-refractivity contribution is -0.122. The predicted octanol–water partition coefficient (Wildman–Crippen LogP) is 4.85. The first-order valence-corrected chi connectivity index (χ1v) is 10.6. The van der Waals surface area contributed by atoms with Crippen LogP contribution in [0.3, 0.4) is 0 Å². The predicted molar refractivity (Wildman–Crippen MR) is 121 cm³/mol. The van der Waals surface area contributed by atoms with Crippen molar-refractivity contribution in [3.8, 4) is 0 Å². The smallest absolute Gasteiger partial charge is 0.276 e. The molecule has 0 unspecified atom stereocenters. The number of fused-ring (bicyclic) bond motifs is 1. The van der Waals surface area contributed by atoms with Crippen LogP contribution in [0.15, 0.2) is 35.8 Å². The Balaban J connectivity index is 2.02. The zero-order valence-corrected chi connectivity index (χ0v) is 18.8. The number of halogens is 2. The van der Waals surface area contributed by atoms with Gasteiger partial charge in [0.1, 0.15) is 11.5 Å². The average Bonchev–Trinajstić information content (AvgIpc) is 3.06. The number of hydrogen-bond donors (Lipinski definition) is 0. The molecule has 0 spiro atoms. The van der Waals surface area contributed by atoms with E-state index in [4.69, 9.17) is 35.4 Å². The maximum atomic E-state index is 12.8. The lowest BCUT2D eigenvalue weighted by Crippen LogP contribution is -2.31. The third-order valence-corrected chi connectivity index (χ3v) is 6.18. The molecule has 0 radical (unpaired) electrons. The minimum atomic E-state index is -0.0566.